The zero-order valence-corrected chi connectivity index (χ0v) is 8.34. The summed E-state index contributed by atoms with van der Waals surface area (Å²) in [7, 11) is 0. The van der Waals surface area contributed by atoms with Gasteiger partial charge in [0, 0.05) is 6.61 Å². The van der Waals surface area contributed by atoms with Crippen LogP contribution >= 0.6 is 0 Å². The smallest absolute Gasteiger partial charge is 0.287 e. The van der Waals surface area contributed by atoms with E-state index in [0.29, 0.717) is 6.61 Å². The lowest BCUT2D eigenvalue weighted by molar-refractivity contribution is -0.126. The lowest BCUT2D eigenvalue weighted by atomic mass is 10.2. The predicted molar refractivity (Wildman–Crippen MR) is 48.6 cm³/mol. The van der Waals surface area contributed by atoms with E-state index in [1.807, 2.05) is 0 Å². The number of nitrogens with one attached hydrogen (secondary N) is 1. The molecule has 6 heteroatoms. The van der Waals surface area contributed by atoms with Crippen LogP contribution in [0.2, 0.25) is 0 Å². The number of carbonyl (C=O) groups is 1. The van der Waals surface area contributed by atoms with Gasteiger partial charge in [0.15, 0.2) is 0 Å². The Hall–Kier alpha value is -0.750. The molecule has 1 saturated heterocycles. The molecule has 1 atom stereocenters. The van der Waals surface area contributed by atoms with Gasteiger partial charge in [-0.15, -0.1) is 0 Å². The van der Waals surface area contributed by atoms with Gasteiger partial charge in [-0.2, -0.15) is 0 Å². The molecule has 0 aliphatic carbocycles. The highest BCUT2D eigenvalue weighted by Crippen LogP contribution is 2.15. The summed E-state index contributed by atoms with van der Waals surface area (Å²) in [6.07, 6.45) is 1.67. The van der Waals surface area contributed by atoms with Crippen molar-refractivity contribution in [3.05, 3.63) is 0 Å². The Morgan fingerprint density at radius 2 is 2.33 bits per heavy atom. The molecule has 2 N–H and O–H groups in total. The van der Waals surface area contributed by atoms with Crippen LogP contribution in [0.25, 0.3) is 0 Å². The van der Waals surface area contributed by atoms with Gasteiger partial charge >= 0.3 is 0 Å². The monoisotopic (exact) mass is 223 g/mol. The van der Waals surface area contributed by atoms with E-state index in [2.05, 4.69) is 5.32 Å². The second-order valence-corrected chi connectivity index (χ2v) is 3.63. The summed E-state index contributed by atoms with van der Waals surface area (Å²) in [5, 5.41) is 10.3. The van der Waals surface area contributed by atoms with Crippen LogP contribution in [-0.2, 0) is 9.53 Å². The molecule has 0 spiro atoms. The van der Waals surface area contributed by atoms with E-state index in [9.17, 15) is 13.6 Å². The Labute approximate surface area is 86.6 Å². The van der Waals surface area contributed by atoms with Gasteiger partial charge in [0.2, 0.25) is 5.91 Å². The first-order chi connectivity index (χ1) is 7.03. The summed E-state index contributed by atoms with van der Waals surface area (Å²) in [6.45, 7) is -1.45. The molecule has 1 aliphatic heterocycles. The van der Waals surface area contributed by atoms with Crippen molar-refractivity contribution in [1.29, 1.82) is 0 Å². The van der Waals surface area contributed by atoms with E-state index in [0.717, 1.165) is 12.8 Å². The van der Waals surface area contributed by atoms with Gasteiger partial charge in [0.1, 0.15) is 6.61 Å². The maximum Gasteiger partial charge on any atom is 0.287 e. The first-order valence-corrected chi connectivity index (χ1v) is 4.90. The van der Waals surface area contributed by atoms with Gasteiger partial charge in [0.05, 0.1) is 19.1 Å². The fourth-order valence-electron chi connectivity index (χ4n) is 1.37. The molecule has 4 nitrogen and oxygen atoms in total. The van der Waals surface area contributed by atoms with Gasteiger partial charge < -0.3 is 15.2 Å². The Bertz CT molecular complexity index is 217. The Morgan fingerprint density at radius 1 is 1.60 bits per heavy atom. The first-order valence-electron chi connectivity index (χ1n) is 4.90. The van der Waals surface area contributed by atoms with Gasteiger partial charge in [-0.1, -0.05) is 0 Å². The molecule has 0 aromatic rings. The molecule has 15 heavy (non-hydrogen) atoms. The lowest BCUT2D eigenvalue weighted by Crippen LogP contribution is -2.39. The molecule has 0 bridgehead atoms. The summed E-state index contributed by atoms with van der Waals surface area (Å²) in [5.74, 6) is -3.71. The van der Waals surface area contributed by atoms with Crippen molar-refractivity contribution in [2.24, 2.45) is 0 Å². The molecule has 1 fully saturated rings. The molecule has 1 rings (SSSR count). The van der Waals surface area contributed by atoms with Crippen molar-refractivity contribution in [3.8, 4) is 0 Å². The van der Waals surface area contributed by atoms with Crippen molar-refractivity contribution in [3.63, 3.8) is 0 Å². The van der Waals surface area contributed by atoms with Crippen LogP contribution in [0, 0.1) is 0 Å². The number of carbonyl (C=O) groups excluding carboxylic acids is 1. The highest BCUT2D eigenvalue weighted by atomic mass is 19.3. The highest BCUT2D eigenvalue weighted by molar-refractivity contribution is 5.76. The van der Waals surface area contributed by atoms with Crippen molar-refractivity contribution in [1.82, 2.24) is 5.32 Å². The zero-order chi connectivity index (χ0) is 11.3. The Morgan fingerprint density at radius 3 is 2.87 bits per heavy atom. The number of aliphatic hydroxyl groups is 1. The molecular weight excluding hydrogens is 208 g/mol. The highest BCUT2D eigenvalue weighted by Gasteiger charge is 2.28. The van der Waals surface area contributed by atoms with E-state index < -0.39 is 25.0 Å². The third kappa shape index (κ3) is 4.53. The number of amides is 1. The normalized spacial score (nSPS) is 21.7. The number of hydrogen-bond donors (Lipinski definition) is 2. The summed E-state index contributed by atoms with van der Waals surface area (Å²) >= 11 is 0. The molecule has 0 radical (unpaired) electrons. The topological polar surface area (TPSA) is 58.6 Å². The minimum atomic E-state index is -3.24. The molecule has 88 valence electrons. The maximum atomic E-state index is 12.5. The third-order valence-electron chi connectivity index (χ3n) is 2.21. The zero-order valence-electron chi connectivity index (χ0n) is 8.34. The van der Waals surface area contributed by atoms with Crippen LogP contribution in [-0.4, -0.2) is 42.8 Å². The van der Waals surface area contributed by atoms with E-state index in [1.54, 1.807) is 0 Å². The van der Waals surface area contributed by atoms with Crippen LogP contribution in [0.5, 0.6) is 0 Å². The van der Waals surface area contributed by atoms with Gasteiger partial charge in [-0.3, -0.25) is 4.79 Å². The van der Waals surface area contributed by atoms with Gasteiger partial charge in [-0.05, 0) is 12.8 Å². The van der Waals surface area contributed by atoms with E-state index in [-0.39, 0.29) is 12.5 Å². The molecule has 0 saturated carbocycles. The molecule has 1 heterocycles. The predicted octanol–water partition coefficient (Wildman–Crippen LogP) is 0.299. The summed E-state index contributed by atoms with van der Waals surface area (Å²) in [6, 6.07) is 0. The van der Waals surface area contributed by atoms with Crippen LogP contribution < -0.4 is 5.32 Å². The average molecular weight is 223 g/mol. The Balaban J connectivity index is 2.18. The van der Waals surface area contributed by atoms with Crippen molar-refractivity contribution >= 4 is 5.91 Å². The molecule has 1 amide bonds. The quantitative estimate of drug-likeness (QED) is 0.704. The van der Waals surface area contributed by atoms with E-state index >= 15 is 0 Å². The number of alkyl halides is 2. The first kappa shape index (κ1) is 12.3. The largest absolute Gasteiger partial charge is 0.390 e. The molecule has 1 unspecified atom stereocenters. The fraction of sp³-hybridized carbons (Fsp3) is 0.889. The van der Waals surface area contributed by atoms with Crippen molar-refractivity contribution in [2.75, 3.05) is 19.8 Å². The summed E-state index contributed by atoms with van der Waals surface area (Å²) in [5.41, 5.74) is 0. The number of rotatable bonds is 5. The van der Waals surface area contributed by atoms with Crippen molar-refractivity contribution in [2.45, 2.75) is 31.3 Å². The van der Waals surface area contributed by atoms with E-state index in [4.69, 9.17) is 9.84 Å². The minimum Gasteiger partial charge on any atom is -0.390 e. The van der Waals surface area contributed by atoms with E-state index in [1.165, 1.54) is 0 Å². The van der Waals surface area contributed by atoms with Crippen LogP contribution in [0.3, 0.4) is 0 Å². The maximum absolute atomic E-state index is 12.5. The lowest BCUT2D eigenvalue weighted by Gasteiger charge is -2.15. The second-order valence-electron chi connectivity index (χ2n) is 3.63. The molecule has 0 aromatic carbocycles. The molecule has 1 aliphatic rings. The van der Waals surface area contributed by atoms with Gasteiger partial charge in [-0.25, -0.2) is 8.78 Å². The number of halogens is 2. The fourth-order valence-corrected chi connectivity index (χ4v) is 1.37. The van der Waals surface area contributed by atoms with Crippen LogP contribution in [0.15, 0.2) is 0 Å². The summed E-state index contributed by atoms with van der Waals surface area (Å²) in [4.78, 5) is 11.2. The Kier molecular flexibility index (Phi) is 4.41. The van der Waals surface area contributed by atoms with Crippen LogP contribution in [0.4, 0.5) is 8.78 Å². The average Bonchev–Trinajstić information content (AvgIpc) is 2.68. The number of ether oxygens (including phenoxy) is 1. The molecular formula is C9H15F2NO3. The number of aliphatic hydroxyl groups excluding tert-OH is 1. The third-order valence-corrected chi connectivity index (χ3v) is 2.21. The minimum absolute atomic E-state index is 0.113. The number of hydrogen-bond acceptors (Lipinski definition) is 3. The SMILES string of the molecule is O=C(CC1CCCO1)NCC(F)(F)CO. The van der Waals surface area contributed by atoms with Crippen molar-refractivity contribution < 1.29 is 23.4 Å². The van der Waals surface area contributed by atoms with Crippen LogP contribution in [0.1, 0.15) is 19.3 Å². The second kappa shape index (κ2) is 5.37. The summed E-state index contributed by atoms with van der Waals surface area (Å²) < 4.78 is 30.2. The molecule has 0 aromatic heterocycles. The standard InChI is InChI=1S/C9H15F2NO3/c10-9(11,6-13)5-12-8(14)4-7-2-1-3-15-7/h7,13H,1-6H2,(H,12,14). The van der Waals surface area contributed by atoms with Gasteiger partial charge in [0.25, 0.3) is 5.92 Å².